The maximum atomic E-state index is 13.1. The van der Waals surface area contributed by atoms with Gasteiger partial charge < -0.3 is 0 Å². The Morgan fingerprint density at radius 1 is 1.06 bits per heavy atom. The molecule has 5 nitrogen and oxygen atoms in total. The Kier molecular flexibility index (Phi) is 5.97. The van der Waals surface area contributed by atoms with E-state index in [2.05, 4.69) is 58.5 Å². The van der Waals surface area contributed by atoms with Crippen molar-refractivity contribution >= 4 is 34.1 Å². The number of benzene rings is 2. The number of aromatic nitrogens is 3. The molecule has 5 rings (SSSR count). The van der Waals surface area contributed by atoms with Crippen LogP contribution in [0.15, 0.2) is 75.9 Å². The van der Waals surface area contributed by atoms with Gasteiger partial charge in [-0.3, -0.25) is 9.69 Å². The van der Waals surface area contributed by atoms with Crippen LogP contribution in [0.3, 0.4) is 0 Å². The topological polar surface area (TPSA) is 50.5 Å². The van der Waals surface area contributed by atoms with Gasteiger partial charge in [0.1, 0.15) is 0 Å². The third-order valence-corrected chi connectivity index (χ3v) is 7.27. The Bertz CT molecular complexity index is 1270. The van der Waals surface area contributed by atoms with Gasteiger partial charge in [0, 0.05) is 31.8 Å². The summed E-state index contributed by atoms with van der Waals surface area (Å²) in [4.78, 5) is 20.9. The van der Waals surface area contributed by atoms with Crippen LogP contribution in [-0.2, 0) is 19.5 Å². The second-order valence-corrected chi connectivity index (χ2v) is 9.70. The molecule has 2 aromatic carbocycles. The van der Waals surface area contributed by atoms with Gasteiger partial charge >= 0.3 is 0 Å². The lowest BCUT2D eigenvalue weighted by Gasteiger charge is -2.27. The molecule has 0 spiro atoms. The Morgan fingerprint density at radius 3 is 2.65 bits per heavy atom. The molecule has 156 valence electrons. The van der Waals surface area contributed by atoms with E-state index in [4.69, 9.17) is 4.98 Å². The van der Waals surface area contributed by atoms with Crippen LogP contribution in [0.1, 0.15) is 22.4 Å². The van der Waals surface area contributed by atoms with E-state index < -0.39 is 0 Å². The number of thioether (sulfide) groups is 1. The molecule has 1 aliphatic heterocycles. The molecular formula is C24H22N4OS2. The lowest BCUT2D eigenvalue weighted by atomic mass is 10.1. The number of fused-ring (bicyclic) bond motifs is 2. The van der Waals surface area contributed by atoms with Gasteiger partial charge in [0.15, 0.2) is 4.34 Å². The van der Waals surface area contributed by atoms with E-state index in [1.165, 1.54) is 27.0 Å². The largest absolute Gasteiger partial charge is 0.294 e. The summed E-state index contributed by atoms with van der Waals surface area (Å²) in [6, 6.07) is 20.6. The summed E-state index contributed by atoms with van der Waals surface area (Å²) in [5.41, 5.74) is 4.12. The van der Waals surface area contributed by atoms with Crippen LogP contribution in [-0.4, -0.2) is 31.8 Å². The lowest BCUT2D eigenvalue weighted by Crippen LogP contribution is -2.36. The van der Waals surface area contributed by atoms with Crippen molar-refractivity contribution in [3.63, 3.8) is 0 Å². The summed E-state index contributed by atoms with van der Waals surface area (Å²) in [7, 11) is 0. The number of nitrogens with zero attached hydrogens (tertiary/aromatic N) is 4. The highest BCUT2D eigenvalue weighted by Crippen LogP contribution is 2.25. The SMILES string of the molecule is O=c1c2c(nc3sc(SC/C=C\c4ccccc4)nn13)CCN(Cc1ccccc1)C2. The maximum absolute atomic E-state index is 13.1. The van der Waals surface area contributed by atoms with Crippen molar-refractivity contribution in [2.45, 2.75) is 23.8 Å². The normalized spacial score (nSPS) is 14.3. The Balaban J connectivity index is 1.31. The van der Waals surface area contributed by atoms with Crippen molar-refractivity contribution in [1.82, 2.24) is 19.5 Å². The molecule has 7 heteroatoms. The fourth-order valence-corrected chi connectivity index (χ4v) is 5.52. The molecule has 0 N–H and O–H groups in total. The second-order valence-electron chi connectivity index (χ2n) is 7.47. The summed E-state index contributed by atoms with van der Waals surface area (Å²) in [5, 5.41) is 4.54. The minimum Gasteiger partial charge on any atom is -0.294 e. The fourth-order valence-electron chi connectivity index (χ4n) is 3.74. The maximum Gasteiger partial charge on any atom is 0.279 e. The Hall–Kier alpha value is -2.74. The van der Waals surface area contributed by atoms with Gasteiger partial charge in [-0.15, -0.1) is 5.10 Å². The van der Waals surface area contributed by atoms with Crippen LogP contribution in [0.4, 0.5) is 0 Å². The van der Waals surface area contributed by atoms with E-state index in [-0.39, 0.29) is 5.56 Å². The molecule has 0 fully saturated rings. The van der Waals surface area contributed by atoms with Gasteiger partial charge in [0.25, 0.3) is 5.56 Å². The minimum absolute atomic E-state index is 0.0271. The molecule has 0 saturated carbocycles. The number of rotatable bonds is 6. The zero-order chi connectivity index (χ0) is 21.0. The van der Waals surface area contributed by atoms with E-state index in [9.17, 15) is 4.79 Å². The van der Waals surface area contributed by atoms with Crippen LogP contribution in [0.25, 0.3) is 11.0 Å². The average Bonchev–Trinajstić information content (AvgIpc) is 3.22. The molecule has 3 heterocycles. The van der Waals surface area contributed by atoms with Crippen molar-refractivity contribution in [3.05, 3.63) is 99.5 Å². The Labute approximate surface area is 189 Å². The molecule has 1 aliphatic rings. The molecule has 0 amide bonds. The zero-order valence-corrected chi connectivity index (χ0v) is 18.6. The predicted molar refractivity (Wildman–Crippen MR) is 128 cm³/mol. The van der Waals surface area contributed by atoms with Crippen molar-refractivity contribution in [2.75, 3.05) is 12.3 Å². The van der Waals surface area contributed by atoms with Gasteiger partial charge in [-0.05, 0) is 11.1 Å². The first-order valence-electron chi connectivity index (χ1n) is 10.3. The van der Waals surface area contributed by atoms with Crippen LogP contribution in [0.2, 0.25) is 0 Å². The molecule has 0 saturated heterocycles. The second kappa shape index (κ2) is 9.18. The smallest absolute Gasteiger partial charge is 0.279 e. The van der Waals surface area contributed by atoms with Gasteiger partial charge in [-0.2, -0.15) is 4.52 Å². The molecule has 0 atom stereocenters. The van der Waals surface area contributed by atoms with Crippen LogP contribution in [0.5, 0.6) is 0 Å². The lowest BCUT2D eigenvalue weighted by molar-refractivity contribution is 0.241. The summed E-state index contributed by atoms with van der Waals surface area (Å²) >= 11 is 3.12. The molecule has 31 heavy (non-hydrogen) atoms. The quantitative estimate of drug-likeness (QED) is 0.408. The van der Waals surface area contributed by atoms with Gasteiger partial charge in [0.2, 0.25) is 4.96 Å². The van der Waals surface area contributed by atoms with Crippen molar-refractivity contribution in [1.29, 1.82) is 0 Å². The van der Waals surface area contributed by atoms with Gasteiger partial charge in [-0.1, -0.05) is 95.9 Å². The van der Waals surface area contributed by atoms with Crippen molar-refractivity contribution in [3.8, 4) is 0 Å². The monoisotopic (exact) mass is 446 g/mol. The van der Waals surface area contributed by atoms with Crippen molar-refractivity contribution < 1.29 is 0 Å². The highest BCUT2D eigenvalue weighted by atomic mass is 32.2. The van der Waals surface area contributed by atoms with E-state index in [0.717, 1.165) is 40.9 Å². The molecule has 0 aliphatic carbocycles. The predicted octanol–water partition coefficient (Wildman–Crippen LogP) is 4.51. The average molecular weight is 447 g/mol. The molecular weight excluding hydrogens is 424 g/mol. The summed E-state index contributed by atoms with van der Waals surface area (Å²) in [6.07, 6.45) is 5.02. The molecule has 2 aromatic heterocycles. The first kappa shape index (κ1) is 20.2. The van der Waals surface area contributed by atoms with E-state index in [1.807, 2.05) is 24.3 Å². The molecule has 0 unspecified atom stereocenters. The molecule has 4 aromatic rings. The highest BCUT2D eigenvalue weighted by Gasteiger charge is 2.23. The summed E-state index contributed by atoms with van der Waals surface area (Å²) < 4.78 is 2.35. The zero-order valence-electron chi connectivity index (χ0n) is 17.0. The van der Waals surface area contributed by atoms with Crippen LogP contribution >= 0.6 is 23.1 Å². The molecule has 0 radical (unpaired) electrons. The van der Waals surface area contributed by atoms with Gasteiger partial charge in [-0.25, -0.2) is 4.98 Å². The van der Waals surface area contributed by atoms with E-state index in [1.54, 1.807) is 11.8 Å². The first-order valence-corrected chi connectivity index (χ1v) is 12.1. The van der Waals surface area contributed by atoms with Crippen molar-refractivity contribution in [2.24, 2.45) is 0 Å². The third kappa shape index (κ3) is 4.63. The third-order valence-electron chi connectivity index (χ3n) is 5.28. The first-order chi connectivity index (χ1) is 15.3. The number of hydrogen-bond acceptors (Lipinski definition) is 6. The molecule has 0 bridgehead atoms. The summed E-state index contributed by atoms with van der Waals surface area (Å²) in [6.45, 7) is 2.38. The Morgan fingerprint density at radius 2 is 1.84 bits per heavy atom. The standard InChI is InChI=1S/C24H22N4OS2/c29-22-20-17-27(16-19-10-5-2-6-11-19)14-13-21(20)25-23-28(22)26-24(31-23)30-15-7-12-18-8-3-1-4-9-18/h1-12H,13-17H2/b12-7-. The summed E-state index contributed by atoms with van der Waals surface area (Å²) in [5.74, 6) is 0.800. The highest BCUT2D eigenvalue weighted by molar-refractivity contribution is 8.01. The van der Waals surface area contributed by atoms with Crippen LogP contribution in [0, 0.1) is 0 Å². The fraction of sp³-hybridized carbons (Fsp3) is 0.208. The van der Waals surface area contributed by atoms with Gasteiger partial charge in [0.05, 0.1) is 11.3 Å². The minimum atomic E-state index is -0.0271. The van der Waals surface area contributed by atoms with E-state index >= 15 is 0 Å². The number of hydrogen-bond donors (Lipinski definition) is 0. The van der Waals surface area contributed by atoms with Crippen LogP contribution < -0.4 is 5.56 Å². The van der Waals surface area contributed by atoms with E-state index in [0.29, 0.717) is 11.5 Å².